The molecule has 1 saturated heterocycles. The van der Waals surface area contributed by atoms with Crippen molar-refractivity contribution in [2.45, 2.75) is 19.9 Å². The molecule has 4 rings (SSSR count). The summed E-state index contributed by atoms with van der Waals surface area (Å²) in [5.41, 5.74) is 1.29. The number of aromatic nitrogens is 1. The van der Waals surface area contributed by atoms with E-state index in [0.29, 0.717) is 15.7 Å². The number of amides is 1. The van der Waals surface area contributed by atoms with Crippen LogP contribution in [-0.4, -0.2) is 21.8 Å². The van der Waals surface area contributed by atoms with Crippen molar-refractivity contribution >= 4 is 56.9 Å². The standard InChI is InChI=1S/C20H15ClN2O3S2/c1-10-11(2)28-20(22-10)23-16(14-4-3-9-27-14)15(18(25)19(23)26)17(24)12-5-7-13(21)8-6-12/h3-9,16,24H,1-2H3. The van der Waals surface area contributed by atoms with Crippen molar-refractivity contribution in [2.75, 3.05) is 4.90 Å². The number of carbonyl (C=O) groups excluding carboxylic acids is 2. The van der Waals surface area contributed by atoms with Crippen LogP contribution in [0.15, 0.2) is 47.4 Å². The number of carbonyl (C=O) groups is 2. The van der Waals surface area contributed by atoms with E-state index in [9.17, 15) is 14.7 Å². The molecule has 8 heteroatoms. The molecule has 1 N–H and O–H groups in total. The molecule has 1 atom stereocenters. The second-order valence-electron chi connectivity index (χ2n) is 6.33. The molecule has 0 radical (unpaired) electrons. The summed E-state index contributed by atoms with van der Waals surface area (Å²) in [6, 6.07) is 9.46. The van der Waals surface area contributed by atoms with Gasteiger partial charge in [-0.05, 0) is 49.6 Å². The number of aliphatic hydroxyl groups excluding tert-OH is 1. The number of nitrogens with zero attached hydrogens (tertiary/aromatic N) is 2. The molecule has 0 spiro atoms. The third kappa shape index (κ3) is 3.05. The molecule has 1 aromatic carbocycles. The highest BCUT2D eigenvalue weighted by Crippen LogP contribution is 2.44. The summed E-state index contributed by atoms with van der Waals surface area (Å²) in [7, 11) is 0. The summed E-state index contributed by atoms with van der Waals surface area (Å²) in [6.45, 7) is 3.78. The Morgan fingerprint density at radius 2 is 1.89 bits per heavy atom. The van der Waals surface area contributed by atoms with E-state index in [2.05, 4.69) is 4.98 Å². The lowest BCUT2D eigenvalue weighted by Crippen LogP contribution is -2.29. The molecule has 1 aliphatic heterocycles. The van der Waals surface area contributed by atoms with Crippen molar-refractivity contribution < 1.29 is 14.7 Å². The number of aryl methyl sites for hydroxylation is 2. The summed E-state index contributed by atoms with van der Waals surface area (Å²) in [4.78, 5) is 33.4. The molecule has 1 amide bonds. The monoisotopic (exact) mass is 430 g/mol. The summed E-state index contributed by atoms with van der Waals surface area (Å²) in [6.07, 6.45) is 0. The number of hydrogen-bond acceptors (Lipinski definition) is 6. The number of thiophene rings is 1. The van der Waals surface area contributed by atoms with E-state index in [1.807, 2.05) is 31.4 Å². The lowest BCUT2D eigenvalue weighted by molar-refractivity contribution is -0.132. The fourth-order valence-electron chi connectivity index (χ4n) is 3.07. The first-order valence-corrected chi connectivity index (χ1v) is 10.5. The van der Waals surface area contributed by atoms with Crippen LogP contribution in [0.3, 0.4) is 0 Å². The van der Waals surface area contributed by atoms with Crippen molar-refractivity contribution in [3.63, 3.8) is 0 Å². The molecule has 142 valence electrons. The Morgan fingerprint density at radius 3 is 2.46 bits per heavy atom. The van der Waals surface area contributed by atoms with Gasteiger partial charge in [0, 0.05) is 20.3 Å². The molecule has 1 fully saturated rings. The Hall–Kier alpha value is -2.48. The molecule has 3 heterocycles. The second kappa shape index (κ2) is 7.16. The smallest absolute Gasteiger partial charge is 0.301 e. The molecule has 3 aromatic rings. The number of thiazole rings is 1. The Bertz CT molecular complexity index is 1080. The Balaban J connectivity index is 1.92. The van der Waals surface area contributed by atoms with E-state index in [-0.39, 0.29) is 11.3 Å². The van der Waals surface area contributed by atoms with Crippen LogP contribution in [0.4, 0.5) is 5.13 Å². The van der Waals surface area contributed by atoms with Gasteiger partial charge in [0.25, 0.3) is 5.78 Å². The van der Waals surface area contributed by atoms with E-state index in [1.165, 1.54) is 27.6 Å². The van der Waals surface area contributed by atoms with Crippen LogP contribution in [0.25, 0.3) is 5.76 Å². The van der Waals surface area contributed by atoms with Crippen LogP contribution in [0, 0.1) is 13.8 Å². The van der Waals surface area contributed by atoms with Gasteiger partial charge >= 0.3 is 5.91 Å². The first-order chi connectivity index (χ1) is 13.4. The molecule has 5 nitrogen and oxygen atoms in total. The maximum atomic E-state index is 12.9. The fraction of sp³-hybridized carbons (Fsp3) is 0.150. The Labute approximate surface area is 174 Å². The maximum Gasteiger partial charge on any atom is 0.301 e. The van der Waals surface area contributed by atoms with Crippen LogP contribution in [-0.2, 0) is 9.59 Å². The first kappa shape index (κ1) is 18.9. The van der Waals surface area contributed by atoms with E-state index in [1.54, 1.807) is 24.3 Å². The van der Waals surface area contributed by atoms with E-state index < -0.39 is 17.7 Å². The van der Waals surface area contributed by atoms with Crippen LogP contribution >= 0.6 is 34.3 Å². The van der Waals surface area contributed by atoms with Crippen molar-refractivity contribution in [1.82, 2.24) is 4.98 Å². The molecular formula is C20H15ClN2O3S2. The van der Waals surface area contributed by atoms with Gasteiger partial charge in [0.1, 0.15) is 11.8 Å². The number of aliphatic hydroxyl groups is 1. The van der Waals surface area contributed by atoms with Gasteiger partial charge in [0.05, 0.1) is 11.3 Å². The lowest BCUT2D eigenvalue weighted by atomic mass is 10.00. The topological polar surface area (TPSA) is 70.5 Å². The van der Waals surface area contributed by atoms with Crippen LogP contribution in [0.1, 0.15) is 27.1 Å². The molecule has 1 unspecified atom stereocenters. The highest BCUT2D eigenvalue weighted by Gasteiger charge is 2.48. The predicted molar refractivity (Wildman–Crippen MR) is 112 cm³/mol. The molecule has 0 aliphatic carbocycles. The lowest BCUT2D eigenvalue weighted by Gasteiger charge is -2.21. The molecule has 1 aliphatic rings. The van der Waals surface area contributed by atoms with Gasteiger partial charge < -0.3 is 5.11 Å². The highest BCUT2D eigenvalue weighted by atomic mass is 35.5. The zero-order chi connectivity index (χ0) is 20.0. The number of benzene rings is 1. The maximum absolute atomic E-state index is 12.9. The third-order valence-electron chi connectivity index (χ3n) is 4.60. The van der Waals surface area contributed by atoms with Gasteiger partial charge in [-0.1, -0.05) is 17.7 Å². The minimum absolute atomic E-state index is 0.0558. The van der Waals surface area contributed by atoms with Gasteiger partial charge in [-0.15, -0.1) is 22.7 Å². The van der Waals surface area contributed by atoms with Crippen molar-refractivity contribution in [1.29, 1.82) is 0 Å². The number of Topliss-reactive ketones (excluding diaryl/α,β-unsaturated/α-hetero) is 1. The quantitative estimate of drug-likeness (QED) is 0.356. The van der Waals surface area contributed by atoms with Gasteiger partial charge in [0.2, 0.25) is 0 Å². The van der Waals surface area contributed by atoms with Crippen molar-refractivity contribution in [3.8, 4) is 0 Å². The van der Waals surface area contributed by atoms with E-state index in [4.69, 9.17) is 11.6 Å². The van der Waals surface area contributed by atoms with Gasteiger partial charge in [-0.3, -0.25) is 14.5 Å². The van der Waals surface area contributed by atoms with Crippen LogP contribution < -0.4 is 4.90 Å². The fourth-order valence-corrected chi connectivity index (χ4v) is 4.95. The summed E-state index contributed by atoms with van der Waals surface area (Å²) < 4.78 is 0. The number of rotatable bonds is 3. The zero-order valence-electron chi connectivity index (χ0n) is 15.0. The number of halogens is 1. The number of anilines is 1. The first-order valence-electron chi connectivity index (χ1n) is 8.43. The number of hydrogen-bond donors (Lipinski definition) is 1. The second-order valence-corrected chi connectivity index (χ2v) is 8.93. The van der Waals surface area contributed by atoms with E-state index >= 15 is 0 Å². The molecule has 2 aromatic heterocycles. The summed E-state index contributed by atoms with van der Waals surface area (Å²) in [5.74, 6) is -1.64. The molecule has 0 saturated carbocycles. The minimum Gasteiger partial charge on any atom is -0.507 e. The Kier molecular flexibility index (Phi) is 4.82. The van der Waals surface area contributed by atoms with Crippen molar-refractivity contribution in [2.24, 2.45) is 0 Å². The SMILES string of the molecule is Cc1nc(N2C(=O)C(=O)C(=C(O)c3ccc(Cl)cc3)C2c2cccs2)sc1C. The molecule has 0 bridgehead atoms. The average Bonchev–Trinajstić information content (AvgIpc) is 3.36. The third-order valence-corrected chi connectivity index (χ3v) is 6.85. The predicted octanol–water partition coefficient (Wildman–Crippen LogP) is 5.10. The largest absolute Gasteiger partial charge is 0.507 e. The minimum atomic E-state index is -0.726. The van der Waals surface area contributed by atoms with Gasteiger partial charge in [0.15, 0.2) is 5.13 Å². The molecule has 28 heavy (non-hydrogen) atoms. The van der Waals surface area contributed by atoms with Crippen LogP contribution in [0.2, 0.25) is 5.02 Å². The normalized spacial score (nSPS) is 18.8. The van der Waals surface area contributed by atoms with Crippen molar-refractivity contribution in [3.05, 3.63) is 73.4 Å². The van der Waals surface area contributed by atoms with Crippen LogP contribution in [0.5, 0.6) is 0 Å². The number of ketones is 1. The summed E-state index contributed by atoms with van der Waals surface area (Å²) >= 11 is 8.70. The highest BCUT2D eigenvalue weighted by molar-refractivity contribution is 7.16. The van der Waals surface area contributed by atoms with Gasteiger partial charge in [-0.25, -0.2) is 4.98 Å². The Morgan fingerprint density at radius 1 is 1.18 bits per heavy atom. The van der Waals surface area contributed by atoms with Gasteiger partial charge in [-0.2, -0.15) is 0 Å². The summed E-state index contributed by atoms with van der Waals surface area (Å²) in [5, 5.41) is 13.8. The molecular weight excluding hydrogens is 416 g/mol. The average molecular weight is 431 g/mol. The van der Waals surface area contributed by atoms with E-state index in [0.717, 1.165) is 15.4 Å². The zero-order valence-corrected chi connectivity index (χ0v) is 17.4.